The van der Waals surface area contributed by atoms with Gasteiger partial charge in [-0.05, 0) is 28.1 Å². The minimum Gasteiger partial charge on any atom is -0.393 e. The number of fused-ring (bicyclic) bond motifs is 1. The minimum absolute atomic E-state index is 0.524. The second-order valence-corrected chi connectivity index (χ2v) is 5.43. The van der Waals surface area contributed by atoms with E-state index in [-0.39, 0.29) is 0 Å². The third-order valence-electron chi connectivity index (χ3n) is 2.63. The van der Waals surface area contributed by atoms with Gasteiger partial charge in [0.15, 0.2) is 0 Å². The van der Waals surface area contributed by atoms with Crippen LogP contribution in [0.25, 0.3) is 11.0 Å². The Hall–Kier alpha value is -1.27. The Bertz CT molecular complexity index is 587. The summed E-state index contributed by atoms with van der Waals surface area (Å²) in [6.07, 6.45) is 4.24. The first-order valence-corrected chi connectivity index (χ1v) is 6.68. The Morgan fingerprint density at radius 3 is 3.00 bits per heavy atom. The molecule has 0 atom stereocenters. The predicted octanol–water partition coefficient (Wildman–Crippen LogP) is 2.50. The SMILES string of the molecule is CN(CCC(N)=S)c1ccnc2cc(Br)cnc12. The van der Waals surface area contributed by atoms with E-state index in [0.29, 0.717) is 11.4 Å². The summed E-state index contributed by atoms with van der Waals surface area (Å²) in [6.45, 7) is 0.770. The number of thiocarbonyl (C=S) groups is 1. The fourth-order valence-corrected chi connectivity index (χ4v) is 2.11. The summed E-state index contributed by atoms with van der Waals surface area (Å²) in [5, 5.41) is 0. The van der Waals surface area contributed by atoms with Gasteiger partial charge in [-0.25, -0.2) is 0 Å². The third kappa shape index (κ3) is 2.94. The molecule has 2 heterocycles. The molecule has 0 spiro atoms. The van der Waals surface area contributed by atoms with Crippen LogP contribution < -0.4 is 10.6 Å². The molecule has 0 aliphatic carbocycles. The van der Waals surface area contributed by atoms with Crippen LogP contribution in [0.5, 0.6) is 0 Å². The normalized spacial score (nSPS) is 10.6. The average Bonchev–Trinajstić information content (AvgIpc) is 2.34. The van der Waals surface area contributed by atoms with Gasteiger partial charge in [-0.2, -0.15) is 0 Å². The molecule has 0 unspecified atom stereocenters. The van der Waals surface area contributed by atoms with Crippen LogP contribution in [-0.4, -0.2) is 28.5 Å². The van der Waals surface area contributed by atoms with Crippen molar-refractivity contribution in [3.8, 4) is 0 Å². The predicted molar refractivity (Wildman–Crippen MR) is 81.9 cm³/mol. The molecule has 0 amide bonds. The molecule has 0 saturated carbocycles. The van der Waals surface area contributed by atoms with Crippen molar-refractivity contribution in [3.05, 3.63) is 29.0 Å². The number of halogens is 1. The highest BCUT2D eigenvalue weighted by atomic mass is 79.9. The van der Waals surface area contributed by atoms with E-state index >= 15 is 0 Å². The van der Waals surface area contributed by atoms with Crippen LogP contribution in [-0.2, 0) is 0 Å². The molecular formula is C12H13BrN4S. The highest BCUT2D eigenvalue weighted by Crippen LogP contribution is 2.24. The van der Waals surface area contributed by atoms with E-state index in [9.17, 15) is 0 Å². The molecule has 0 saturated heterocycles. The zero-order valence-corrected chi connectivity index (χ0v) is 12.3. The zero-order chi connectivity index (χ0) is 13.1. The number of rotatable bonds is 4. The Labute approximate surface area is 119 Å². The van der Waals surface area contributed by atoms with Gasteiger partial charge in [0.2, 0.25) is 0 Å². The maximum absolute atomic E-state index is 5.52. The highest BCUT2D eigenvalue weighted by Gasteiger charge is 2.08. The van der Waals surface area contributed by atoms with Crippen molar-refractivity contribution < 1.29 is 0 Å². The van der Waals surface area contributed by atoms with Crippen LogP contribution in [0, 0.1) is 0 Å². The summed E-state index contributed by atoms with van der Waals surface area (Å²) in [6, 6.07) is 3.90. The van der Waals surface area contributed by atoms with Crippen LogP contribution in [0.2, 0.25) is 0 Å². The molecular weight excluding hydrogens is 312 g/mol. The molecule has 2 rings (SSSR count). The fourth-order valence-electron chi connectivity index (χ4n) is 1.70. The minimum atomic E-state index is 0.524. The molecule has 94 valence electrons. The smallest absolute Gasteiger partial charge is 0.112 e. The van der Waals surface area contributed by atoms with E-state index < -0.39 is 0 Å². The molecule has 2 N–H and O–H groups in total. The molecule has 18 heavy (non-hydrogen) atoms. The second kappa shape index (κ2) is 5.58. The number of anilines is 1. The van der Waals surface area contributed by atoms with Crippen LogP contribution in [0.3, 0.4) is 0 Å². The summed E-state index contributed by atoms with van der Waals surface area (Å²) in [5.74, 6) is 0. The number of hydrogen-bond acceptors (Lipinski definition) is 4. The lowest BCUT2D eigenvalue weighted by Gasteiger charge is -2.19. The number of nitrogens with two attached hydrogens (primary N) is 1. The lowest BCUT2D eigenvalue weighted by molar-refractivity contribution is 0.923. The van der Waals surface area contributed by atoms with Crippen LogP contribution in [0.15, 0.2) is 29.0 Å². The largest absolute Gasteiger partial charge is 0.393 e. The molecule has 0 aliphatic rings. The molecule has 0 aliphatic heterocycles. The Balaban J connectivity index is 2.35. The van der Waals surface area contributed by atoms with Gasteiger partial charge in [-0.3, -0.25) is 9.97 Å². The van der Waals surface area contributed by atoms with Gasteiger partial charge in [0, 0.05) is 36.9 Å². The van der Waals surface area contributed by atoms with Crippen molar-refractivity contribution in [2.24, 2.45) is 5.73 Å². The molecule has 6 heteroatoms. The van der Waals surface area contributed by atoms with E-state index in [0.717, 1.165) is 27.7 Å². The van der Waals surface area contributed by atoms with Gasteiger partial charge in [0.05, 0.1) is 16.2 Å². The number of pyridine rings is 2. The Morgan fingerprint density at radius 2 is 2.28 bits per heavy atom. The van der Waals surface area contributed by atoms with Crippen LogP contribution >= 0.6 is 28.1 Å². The monoisotopic (exact) mass is 324 g/mol. The summed E-state index contributed by atoms with van der Waals surface area (Å²) in [5.41, 5.74) is 8.30. The Morgan fingerprint density at radius 1 is 1.50 bits per heavy atom. The maximum atomic E-state index is 5.52. The maximum Gasteiger partial charge on any atom is 0.112 e. The van der Waals surface area contributed by atoms with Crippen molar-refractivity contribution >= 4 is 49.9 Å². The van der Waals surface area contributed by atoms with Crippen molar-refractivity contribution in [2.75, 3.05) is 18.5 Å². The number of aromatic nitrogens is 2. The highest BCUT2D eigenvalue weighted by molar-refractivity contribution is 9.10. The molecule has 0 fully saturated rings. The third-order valence-corrected chi connectivity index (χ3v) is 3.27. The van der Waals surface area contributed by atoms with Crippen molar-refractivity contribution in [1.29, 1.82) is 0 Å². The molecule has 0 bridgehead atoms. The molecule has 2 aromatic rings. The fraction of sp³-hybridized carbons (Fsp3) is 0.250. The van der Waals surface area contributed by atoms with E-state index in [1.807, 2.05) is 19.2 Å². The lowest BCUT2D eigenvalue weighted by Crippen LogP contribution is -2.23. The molecule has 4 nitrogen and oxygen atoms in total. The number of hydrogen-bond donors (Lipinski definition) is 1. The van der Waals surface area contributed by atoms with E-state index in [1.54, 1.807) is 12.4 Å². The summed E-state index contributed by atoms with van der Waals surface area (Å²) >= 11 is 8.29. The van der Waals surface area contributed by atoms with Crippen molar-refractivity contribution in [1.82, 2.24) is 9.97 Å². The second-order valence-electron chi connectivity index (χ2n) is 3.99. The van der Waals surface area contributed by atoms with Crippen LogP contribution in [0.4, 0.5) is 5.69 Å². The first-order chi connectivity index (χ1) is 8.58. The van der Waals surface area contributed by atoms with Gasteiger partial charge < -0.3 is 10.6 Å². The van der Waals surface area contributed by atoms with Gasteiger partial charge >= 0.3 is 0 Å². The molecule has 0 radical (unpaired) electrons. The number of nitrogens with zero attached hydrogens (tertiary/aromatic N) is 3. The van der Waals surface area contributed by atoms with E-state index in [1.165, 1.54) is 0 Å². The summed E-state index contributed by atoms with van der Waals surface area (Å²) in [4.78, 5) is 11.3. The first-order valence-electron chi connectivity index (χ1n) is 5.47. The summed E-state index contributed by atoms with van der Waals surface area (Å²) in [7, 11) is 2.00. The molecule has 2 aromatic heterocycles. The van der Waals surface area contributed by atoms with Crippen molar-refractivity contribution in [3.63, 3.8) is 0 Å². The lowest BCUT2D eigenvalue weighted by atomic mass is 10.2. The summed E-state index contributed by atoms with van der Waals surface area (Å²) < 4.78 is 0.922. The standard InChI is InChI=1S/C12H13BrN4S/c1-17(5-3-11(14)18)10-2-4-15-9-6-8(13)7-16-12(9)10/h2,4,6-7H,3,5H2,1H3,(H2,14,18). The topological polar surface area (TPSA) is 55.0 Å². The Kier molecular flexibility index (Phi) is 4.08. The first kappa shape index (κ1) is 13.2. The average molecular weight is 325 g/mol. The van der Waals surface area contributed by atoms with Gasteiger partial charge in [-0.15, -0.1) is 0 Å². The van der Waals surface area contributed by atoms with Gasteiger partial charge in [-0.1, -0.05) is 12.2 Å². The zero-order valence-electron chi connectivity index (χ0n) is 9.93. The van der Waals surface area contributed by atoms with Crippen molar-refractivity contribution in [2.45, 2.75) is 6.42 Å². The van der Waals surface area contributed by atoms with E-state index in [2.05, 4.69) is 30.8 Å². The van der Waals surface area contributed by atoms with Gasteiger partial charge in [0.1, 0.15) is 5.52 Å². The quantitative estimate of drug-likeness (QED) is 0.876. The van der Waals surface area contributed by atoms with Gasteiger partial charge in [0.25, 0.3) is 0 Å². The van der Waals surface area contributed by atoms with Crippen LogP contribution in [0.1, 0.15) is 6.42 Å². The van der Waals surface area contributed by atoms with E-state index in [4.69, 9.17) is 18.0 Å². The molecule has 0 aromatic carbocycles.